The second kappa shape index (κ2) is 9.86. The minimum Gasteiger partial charge on any atom is -0.496 e. The molecule has 0 spiro atoms. The van der Waals surface area contributed by atoms with E-state index < -0.39 is 24.4 Å². The van der Waals surface area contributed by atoms with Gasteiger partial charge in [-0.05, 0) is 12.1 Å². The number of methoxy groups -OCH3 is 1. The summed E-state index contributed by atoms with van der Waals surface area (Å²) in [7, 11) is 1.41. The van der Waals surface area contributed by atoms with Gasteiger partial charge in [-0.15, -0.1) is 0 Å². The van der Waals surface area contributed by atoms with Crippen LogP contribution in [0, 0.1) is 0 Å². The van der Waals surface area contributed by atoms with Crippen molar-refractivity contribution in [3.05, 3.63) is 65.7 Å². The monoisotopic (exact) mass is 369 g/mol. The summed E-state index contributed by atoms with van der Waals surface area (Å²) in [5.74, 6) is -2.00. The molecular formula is C20H19NO6. The summed E-state index contributed by atoms with van der Waals surface area (Å²) in [6, 6.07) is 15.0. The minimum absolute atomic E-state index is 0.0232. The van der Waals surface area contributed by atoms with E-state index in [2.05, 4.69) is 5.32 Å². The third-order valence-electron chi connectivity index (χ3n) is 3.62. The summed E-state index contributed by atoms with van der Waals surface area (Å²) in [6.45, 7) is -0.612. The van der Waals surface area contributed by atoms with Crippen LogP contribution in [-0.4, -0.2) is 37.3 Å². The summed E-state index contributed by atoms with van der Waals surface area (Å²) in [5, 5.41) is 2.11. The van der Waals surface area contributed by atoms with Crippen LogP contribution in [-0.2, 0) is 14.3 Å². The fourth-order valence-corrected chi connectivity index (χ4v) is 2.26. The number of Topliss-reactive ketones (excluding diaryl/α,β-unsaturated/α-hetero) is 1. The number of amides is 2. The van der Waals surface area contributed by atoms with Crippen molar-refractivity contribution in [2.75, 3.05) is 13.7 Å². The van der Waals surface area contributed by atoms with E-state index in [4.69, 9.17) is 9.47 Å². The van der Waals surface area contributed by atoms with Crippen LogP contribution in [0.4, 0.5) is 0 Å². The van der Waals surface area contributed by atoms with Crippen LogP contribution in [0.25, 0.3) is 0 Å². The van der Waals surface area contributed by atoms with Gasteiger partial charge in [0.15, 0.2) is 12.4 Å². The molecule has 1 N–H and O–H groups in total. The van der Waals surface area contributed by atoms with Crippen LogP contribution < -0.4 is 10.1 Å². The van der Waals surface area contributed by atoms with Crippen molar-refractivity contribution in [1.82, 2.24) is 5.32 Å². The van der Waals surface area contributed by atoms with Gasteiger partial charge in [0.25, 0.3) is 11.8 Å². The number of imide groups is 1. The Morgan fingerprint density at radius 1 is 0.889 bits per heavy atom. The van der Waals surface area contributed by atoms with Crippen molar-refractivity contribution in [3.63, 3.8) is 0 Å². The maximum atomic E-state index is 12.1. The molecule has 27 heavy (non-hydrogen) atoms. The Hall–Kier alpha value is -3.48. The quantitative estimate of drug-likeness (QED) is 0.565. The van der Waals surface area contributed by atoms with Gasteiger partial charge in [-0.1, -0.05) is 42.5 Å². The van der Waals surface area contributed by atoms with Crippen molar-refractivity contribution < 1.29 is 28.7 Å². The number of nitrogens with one attached hydrogen (secondary N) is 1. The molecule has 0 radical (unpaired) electrons. The smallest absolute Gasteiger partial charge is 0.306 e. The van der Waals surface area contributed by atoms with E-state index in [-0.39, 0.29) is 24.2 Å². The molecule has 140 valence electrons. The number of ether oxygens (including phenoxy) is 2. The summed E-state index contributed by atoms with van der Waals surface area (Å²) < 4.78 is 9.84. The lowest BCUT2D eigenvalue weighted by molar-refractivity contribution is -0.148. The van der Waals surface area contributed by atoms with Crippen molar-refractivity contribution in [2.45, 2.75) is 12.8 Å². The van der Waals surface area contributed by atoms with Crippen LogP contribution in [0.1, 0.15) is 33.6 Å². The Morgan fingerprint density at radius 3 is 2.26 bits per heavy atom. The average molecular weight is 369 g/mol. The van der Waals surface area contributed by atoms with Gasteiger partial charge in [0.1, 0.15) is 5.75 Å². The number of carbonyl (C=O) groups excluding carboxylic acids is 4. The van der Waals surface area contributed by atoms with Gasteiger partial charge >= 0.3 is 5.97 Å². The topological polar surface area (TPSA) is 98.8 Å². The van der Waals surface area contributed by atoms with Crippen LogP contribution in [0.2, 0.25) is 0 Å². The fraction of sp³-hybridized carbons (Fsp3) is 0.200. The van der Waals surface area contributed by atoms with E-state index in [1.165, 1.54) is 13.2 Å². The SMILES string of the molecule is COc1ccccc1C(=O)NC(=O)COC(=O)CCC(=O)c1ccccc1. The van der Waals surface area contributed by atoms with Crippen LogP contribution in [0.3, 0.4) is 0 Å². The lowest BCUT2D eigenvalue weighted by Crippen LogP contribution is -2.34. The van der Waals surface area contributed by atoms with E-state index >= 15 is 0 Å². The molecule has 7 nitrogen and oxygen atoms in total. The Labute approximate surface area is 156 Å². The maximum absolute atomic E-state index is 12.1. The van der Waals surface area contributed by atoms with Gasteiger partial charge in [-0.2, -0.15) is 0 Å². The Morgan fingerprint density at radius 2 is 1.56 bits per heavy atom. The van der Waals surface area contributed by atoms with Crippen molar-refractivity contribution in [3.8, 4) is 5.75 Å². The molecule has 2 amide bonds. The van der Waals surface area contributed by atoms with E-state index in [0.717, 1.165) is 0 Å². The Balaban J connectivity index is 1.75. The van der Waals surface area contributed by atoms with E-state index in [1.807, 2.05) is 0 Å². The van der Waals surface area contributed by atoms with Gasteiger partial charge < -0.3 is 9.47 Å². The van der Waals surface area contributed by atoms with Crippen LogP contribution >= 0.6 is 0 Å². The number of hydrogen-bond donors (Lipinski definition) is 1. The highest BCUT2D eigenvalue weighted by atomic mass is 16.5. The summed E-state index contributed by atoms with van der Waals surface area (Å²) in [4.78, 5) is 47.4. The molecule has 0 saturated carbocycles. The van der Waals surface area contributed by atoms with Gasteiger partial charge in [0, 0.05) is 12.0 Å². The molecule has 0 unspecified atom stereocenters. The highest BCUT2D eigenvalue weighted by Gasteiger charge is 2.16. The van der Waals surface area contributed by atoms with E-state index in [0.29, 0.717) is 11.3 Å². The average Bonchev–Trinajstić information content (AvgIpc) is 2.70. The third kappa shape index (κ3) is 6.07. The highest BCUT2D eigenvalue weighted by Crippen LogP contribution is 2.16. The van der Waals surface area contributed by atoms with Crippen molar-refractivity contribution in [2.24, 2.45) is 0 Å². The first-order valence-electron chi connectivity index (χ1n) is 8.22. The highest BCUT2D eigenvalue weighted by molar-refractivity contribution is 6.06. The lowest BCUT2D eigenvalue weighted by atomic mass is 10.1. The number of benzene rings is 2. The third-order valence-corrected chi connectivity index (χ3v) is 3.62. The molecule has 2 aromatic rings. The molecule has 0 aromatic heterocycles. The second-order valence-corrected chi connectivity index (χ2v) is 5.53. The fourth-order valence-electron chi connectivity index (χ4n) is 2.26. The molecule has 0 aliphatic carbocycles. The van der Waals surface area contributed by atoms with Crippen LogP contribution in [0.15, 0.2) is 54.6 Å². The molecule has 0 fully saturated rings. The van der Waals surface area contributed by atoms with E-state index in [9.17, 15) is 19.2 Å². The largest absolute Gasteiger partial charge is 0.496 e. The normalized spacial score (nSPS) is 9.96. The van der Waals surface area contributed by atoms with Crippen molar-refractivity contribution in [1.29, 1.82) is 0 Å². The molecule has 2 rings (SSSR count). The molecular weight excluding hydrogens is 350 g/mol. The minimum atomic E-state index is -0.770. The first-order chi connectivity index (χ1) is 13.0. The predicted octanol–water partition coefficient (Wildman–Crippen LogP) is 2.16. The molecule has 2 aromatic carbocycles. The Bertz CT molecular complexity index is 831. The zero-order valence-electron chi connectivity index (χ0n) is 14.8. The van der Waals surface area contributed by atoms with Gasteiger partial charge in [0.05, 0.1) is 19.1 Å². The maximum Gasteiger partial charge on any atom is 0.306 e. The zero-order chi connectivity index (χ0) is 19.6. The van der Waals surface area contributed by atoms with E-state index in [1.54, 1.807) is 48.5 Å². The summed E-state index contributed by atoms with van der Waals surface area (Å²) in [5.41, 5.74) is 0.693. The number of rotatable bonds is 8. The molecule has 0 aliphatic heterocycles. The number of ketones is 1. The number of para-hydroxylation sites is 1. The van der Waals surface area contributed by atoms with Crippen molar-refractivity contribution >= 4 is 23.6 Å². The number of carbonyl (C=O) groups is 4. The molecule has 0 aliphatic rings. The summed E-state index contributed by atoms with van der Waals surface area (Å²) in [6.07, 6.45) is -0.175. The number of esters is 1. The molecule has 0 bridgehead atoms. The summed E-state index contributed by atoms with van der Waals surface area (Å²) >= 11 is 0. The molecule has 0 heterocycles. The first-order valence-corrected chi connectivity index (χ1v) is 8.22. The van der Waals surface area contributed by atoms with Crippen LogP contribution in [0.5, 0.6) is 5.75 Å². The van der Waals surface area contributed by atoms with Gasteiger partial charge in [0.2, 0.25) is 0 Å². The van der Waals surface area contributed by atoms with Gasteiger partial charge in [-0.3, -0.25) is 24.5 Å². The zero-order valence-corrected chi connectivity index (χ0v) is 14.8. The first kappa shape index (κ1) is 19.8. The molecule has 0 atom stereocenters. The standard InChI is InChI=1S/C20H19NO6/c1-26-17-10-6-5-9-15(17)20(25)21-18(23)13-27-19(24)12-11-16(22)14-7-3-2-4-8-14/h2-10H,11-13H2,1H3,(H,21,23,25). The second-order valence-electron chi connectivity index (χ2n) is 5.53. The molecule has 7 heteroatoms. The van der Waals surface area contributed by atoms with Gasteiger partial charge in [-0.25, -0.2) is 0 Å². The molecule has 0 saturated heterocycles. The Kier molecular flexibility index (Phi) is 7.25. The number of hydrogen-bond acceptors (Lipinski definition) is 6. The predicted molar refractivity (Wildman–Crippen MR) is 96.4 cm³/mol. The lowest BCUT2D eigenvalue weighted by Gasteiger charge is -2.08.